The van der Waals surface area contributed by atoms with Gasteiger partial charge in [0.2, 0.25) is 0 Å². The highest BCUT2D eigenvalue weighted by molar-refractivity contribution is 5.84. The lowest BCUT2D eigenvalue weighted by molar-refractivity contribution is -0.122. The molecule has 1 rings (SSSR count). The Labute approximate surface area is 152 Å². The lowest BCUT2D eigenvalue weighted by Gasteiger charge is -2.21. The molecule has 3 atom stereocenters. The normalized spacial score (nSPS) is 23.6. The molecular weight excluding hydrogens is 316 g/mol. The Morgan fingerprint density at radius 1 is 1.32 bits per heavy atom. The third-order valence-electron chi connectivity index (χ3n) is 4.99. The zero-order chi connectivity index (χ0) is 18.7. The van der Waals surface area contributed by atoms with Crippen molar-refractivity contribution in [2.75, 3.05) is 6.61 Å². The van der Waals surface area contributed by atoms with Gasteiger partial charge < -0.3 is 10.2 Å². The van der Waals surface area contributed by atoms with Crippen LogP contribution in [-0.4, -0.2) is 34.0 Å². The molecular formula is C21H34O4. The molecule has 1 unspecified atom stereocenters. The molecule has 1 saturated carbocycles. The molecule has 0 aromatic rings. The minimum atomic E-state index is -0.663. The summed E-state index contributed by atoms with van der Waals surface area (Å²) in [5.41, 5.74) is -0.663. The summed E-state index contributed by atoms with van der Waals surface area (Å²) in [6.45, 7) is 3.60. The van der Waals surface area contributed by atoms with Crippen LogP contribution in [0, 0.1) is 11.8 Å². The van der Waals surface area contributed by atoms with Gasteiger partial charge in [-0.05, 0) is 44.9 Å². The second kappa shape index (κ2) is 11.4. The summed E-state index contributed by atoms with van der Waals surface area (Å²) in [7, 11) is 0. The summed E-state index contributed by atoms with van der Waals surface area (Å²) in [4.78, 5) is 23.1. The standard InChI is InChI=1S/C21H34O4/c1-3-4-14-21(2,25)15-8-9-17-12-13-20(24)19(17)11-7-5-6-10-18(23)16-22/h5,7-9,17,19,22,25H,3-4,6,10-16H2,1-2H3/t17-,19+,21?/m0/s1. The Balaban J connectivity index is 2.45. The number of ketones is 2. The van der Waals surface area contributed by atoms with E-state index < -0.39 is 12.2 Å². The fourth-order valence-electron chi connectivity index (χ4n) is 3.31. The van der Waals surface area contributed by atoms with Crippen LogP contribution in [0.25, 0.3) is 0 Å². The highest BCUT2D eigenvalue weighted by Crippen LogP contribution is 2.33. The number of aliphatic hydroxyl groups is 2. The van der Waals surface area contributed by atoms with Crippen molar-refractivity contribution < 1.29 is 19.8 Å². The molecule has 0 saturated heterocycles. The first kappa shape index (κ1) is 21.8. The number of unbranched alkanes of at least 4 members (excludes halogenated alkanes) is 1. The molecule has 0 bridgehead atoms. The molecule has 0 heterocycles. The van der Waals surface area contributed by atoms with Gasteiger partial charge >= 0.3 is 0 Å². The molecule has 0 radical (unpaired) electrons. The van der Waals surface area contributed by atoms with Crippen molar-refractivity contribution in [2.45, 2.75) is 77.2 Å². The zero-order valence-electron chi connectivity index (χ0n) is 15.7. The van der Waals surface area contributed by atoms with Crippen LogP contribution in [0.1, 0.15) is 71.6 Å². The molecule has 25 heavy (non-hydrogen) atoms. The Kier molecular flexibility index (Phi) is 9.91. The quantitative estimate of drug-likeness (QED) is 0.526. The van der Waals surface area contributed by atoms with Crippen LogP contribution in [0.2, 0.25) is 0 Å². The Hall–Kier alpha value is -1.26. The highest BCUT2D eigenvalue weighted by Gasteiger charge is 2.31. The third-order valence-corrected chi connectivity index (χ3v) is 4.99. The van der Waals surface area contributed by atoms with Crippen LogP contribution < -0.4 is 0 Å². The number of carbonyl (C=O) groups is 2. The van der Waals surface area contributed by atoms with E-state index in [0.29, 0.717) is 37.9 Å². The first-order chi connectivity index (χ1) is 11.9. The maximum atomic E-state index is 12.1. The fraction of sp³-hybridized carbons (Fsp3) is 0.714. The fourth-order valence-corrected chi connectivity index (χ4v) is 3.31. The van der Waals surface area contributed by atoms with E-state index in [1.807, 2.05) is 25.2 Å². The summed E-state index contributed by atoms with van der Waals surface area (Å²) >= 11 is 0. The van der Waals surface area contributed by atoms with Crippen LogP contribution in [0.5, 0.6) is 0 Å². The maximum Gasteiger partial charge on any atom is 0.158 e. The van der Waals surface area contributed by atoms with E-state index in [1.54, 1.807) is 0 Å². The van der Waals surface area contributed by atoms with E-state index in [1.165, 1.54) is 0 Å². The lowest BCUT2D eigenvalue weighted by atomic mass is 9.89. The topological polar surface area (TPSA) is 74.6 Å². The molecule has 0 aromatic carbocycles. The van der Waals surface area contributed by atoms with Crippen molar-refractivity contribution in [2.24, 2.45) is 11.8 Å². The minimum Gasteiger partial charge on any atom is -0.390 e. The van der Waals surface area contributed by atoms with Crippen LogP contribution in [0.4, 0.5) is 0 Å². The number of Topliss-reactive ketones (excluding diaryl/α,β-unsaturated/α-hetero) is 2. The second-order valence-corrected chi connectivity index (χ2v) is 7.45. The summed E-state index contributed by atoms with van der Waals surface area (Å²) in [6.07, 6.45) is 14.8. The molecule has 0 aliphatic heterocycles. The average molecular weight is 350 g/mol. The molecule has 0 aromatic heterocycles. The van der Waals surface area contributed by atoms with Gasteiger partial charge in [0.15, 0.2) is 5.78 Å². The summed E-state index contributed by atoms with van der Waals surface area (Å²) in [5, 5.41) is 19.0. The maximum absolute atomic E-state index is 12.1. The highest BCUT2D eigenvalue weighted by atomic mass is 16.3. The molecule has 1 aliphatic rings. The van der Waals surface area contributed by atoms with Crippen LogP contribution in [0.3, 0.4) is 0 Å². The van der Waals surface area contributed by atoms with Crippen molar-refractivity contribution in [1.82, 2.24) is 0 Å². The van der Waals surface area contributed by atoms with Gasteiger partial charge in [-0.15, -0.1) is 0 Å². The van der Waals surface area contributed by atoms with Crippen molar-refractivity contribution >= 4 is 11.6 Å². The Morgan fingerprint density at radius 2 is 2.08 bits per heavy atom. The molecule has 4 heteroatoms. The van der Waals surface area contributed by atoms with Gasteiger partial charge in [0.1, 0.15) is 12.4 Å². The van der Waals surface area contributed by atoms with Gasteiger partial charge in [0, 0.05) is 18.8 Å². The van der Waals surface area contributed by atoms with Crippen LogP contribution in [0.15, 0.2) is 24.3 Å². The van der Waals surface area contributed by atoms with Crippen LogP contribution in [-0.2, 0) is 9.59 Å². The predicted octanol–water partition coefficient (Wildman–Crippen LogP) is 3.76. The van der Waals surface area contributed by atoms with Crippen molar-refractivity contribution in [3.05, 3.63) is 24.3 Å². The minimum absolute atomic E-state index is 0.0154. The Bertz CT molecular complexity index is 476. The summed E-state index contributed by atoms with van der Waals surface area (Å²) in [6, 6.07) is 0. The smallest absolute Gasteiger partial charge is 0.158 e. The van der Waals surface area contributed by atoms with Gasteiger partial charge in [0.25, 0.3) is 0 Å². The summed E-state index contributed by atoms with van der Waals surface area (Å²) < 4.78 is 0. The molecule has 0 amide bonds. The molecule has 1 fully saturated rings. The average Bonchev–Trinajstić information content (AvgIpc) is 2.92. The van der Waals surface area contributed by atoms with E-state index >= 15 is 0 Å². The zero-order valence-corrected chi connectivity index (χ0v) is 15.7. The van der Waals surface area contributed by atoms with Gasteiger partial charge in [-0.1, -0.05) is 44.1 Å². The van der Waals surface area contributed by atoms with E-state index in [-0.39, 0.29) is 17.6 Å². The monoisotopic (exact) mass is 350 g/mol. The van der Waals surface area contributed by atoms with E-state index in [4.69, 9.17) is 5.11 Å². The number of allylic oxidation sites excluding steroid dienone is 3. The number of hydrogen-bond acceptors (Lipinski definition) is 4. The van der Waals surface area contributed by atoms with Crippen LogP contribution >= 0.6 is 0 Å². The van der Waals surface area contributed by atoms with E-state index in [2.05, 4.69) is 13.0 Å². The third kappa shape index (κ3) is 8.59. The number of aliphatic hydroxyl groups excluding tert-OH is 1. The predicted molar refractivity (Wildman–Crippen MR) is 100 cm³/mol. The Morgan fingerprint density at radius 3 is 2.76 bits per heavy atom. The van der Waals surface area contributed by atoms with Gasteiger partial charge in [0.05, 0.1) is 5.60 Å². The second-order valence-electron chi connectivity index (χ2n) is 7.45. The van der Waals surface area contributed by atoms with Gasteiger partial charge in [-0.25, -0.2) is 0 Å². The number of carbonyl (C=O) groups excluding carboxylic acids is 2. The van der Waals surface area contributed by atoms with Crippen molar-refractivity contribution in [3.8, 4) is 0 Å². The molecule has 1 aliphatic carbocycles. The largest absolute Gasteiger partial charge is 0.390 e. The van der Waals surface area contributed by atoms with Gasteiger partial charge in [-0.2, -0.15) is 0 Å². The summed E-state index contributed by atoms with van der Waals surface area (Å²) in [5.74, 6) is 0.417. The van der Waals surface area contributed by atoms with Crippen molar-refractivity contribution in [3.63, 3.8) is 0 Å². The number of rotatable bonds is 12. The van der Waals surface area contributed by atoms with E-state index in [9.17, 15) is 14.7 Å². The van der Waals surface area contributed by atoms with Gasteiger partial charge in [-0.3, -0.25) is 9.59 Å². The molecule has 2 N–H and O–H groups in total. The lowest BCUT2D eigenvalue weighted by Crippen LogP contribution is -2.22. The van der Waals surface area contributed by atoms with Crippen molar-refractivity contribution in [1.29, 1.82) is 0 Å². The first-order valence-electron chi connectivity index (χ1n) is 9.59. The number of hydrogen-bond donors (Lipinski definition) is 2. The SMILES string of the molecule is CCCCC(C)(O)CC=C[C@H]1CCC(=O)[C@@H]1CC=CCCC(=O)CO. The van der Waals surface area contributed by atoms with E-state index in [0.717, 1.165) is 25.7 Å². The molecule has 0 spiro atoms. The molecule has 142 valence electrons. The molecule has 4 nitrogen and oxygen atoms in total. The first-order valence-corrected chi connectivity index (χ1v) is 9.59.